The zero-order chi connectivity index (χ0) is 27.8. The monoisotopic (exact) mass is 548 g/mol. The number of aryl methyl sites for hydroxylation is 2. The van der Waals surface area contributed by atoms with Crippen molar-refractivity contribution in [1.82, 2.24) is 29.3 Å². The van der Waals surface area contributed by atoms with Crippen molar-refractivity contribution in [3.63, 3.8) is 0 Å². The highest BCUT2D eigenvalue weighted by molar-refractivity contribution is 5.65. The minimum atomic E-state index is -4.56. The molecule has 1 atom stereocenters. The molecule has 7 nitrogen and oxygen atoms in total. The second kappa shape index (κ2) is 10.2. The third kappa shape index (κ3) is 5.96. The molecule has 0 saturated carbocycles. The molecule has 0 amide bonds. The number of pyridine rings is 1. The van der Waals surface area contributed by atoms with Crippen LogP contribution in [0.3, 0.4) is 0 Å². The maximum Gasteiger partial charge on any atom is 0.422 e. The fraction of sp³-hybridized carbons (Fsp3) is 0.308. The van der Waals surface area contributed by atoms with E-state index in [-0.39, 0.29) is 28.6 Å². The standard InChI is InChI=1S/C26H22F6N6O/c1-16-13-37(15-33-16)21-10-8-17(34-24(21)39-14-25(27,28)29)9-11-22-35-23-19(6-4-12-38(23)36-22)18-5-2-3-7-20(18)26(30,31)32/h2-3,5,7-11,13,15,19H,4,6,12,14H2,1H3/b11-9+/t19-/m0/s1. The maximum atomic E-state index is 13.6. The van der Waals surface area contributed by atoms with E-state index in [1.807, 2.05) is 0 Å². The Hall–Kier alpha value is -4.16. The molecule has 0 fully saturated rings. The SMILES string of the molecule is Cc1cn(-c2ccc(/C=C/c3nc4n(n3)CCC[C@H]4c3ccccc3C(F)(F)F)nc2OCC(F)(F)F)cn1. The van der Waals surface area contributed by atoms with Crippen LogP contribution in [0.2, 0.25) is 0 Å². The summed E-state index contributed by atoms with van der Waals surface area (Å²) in [6, 6.07) is 8.58. The molecule has 5 rings (SSSR count). The average molecular weight is 548 g/mol. The lowest BCUT2D eigenvalue weighted by Gasteiger charge is -2.25. The number of benzene rings is 1. The molecule has 204 valence electrons. The van der Waals surface area contributed by atoms with E-state index in [0.29, 0.717) is 30.9 Å². The van der Waals surface area contributed by atoms with Crippen molar-refractivity contribution < 1.29 is 31.1 Å². The zero-order valence-corrected chi connectivity index (χ0v) is 20.5. The van der Waals surface area contributed by atoms with Gasteiger partial charge in [-0.25, -0.2) is 19.6 Å². The molecule has 0 aliphatic carbocycles. The summed E-state index contributed by atoms with van der Waals surface area (Å²) in [6.07, 6.45) is -1.86. The van der Waals surface area contributed by atoms with Crippen LogP contribution in [0.5, 0.6) is 5.88 Å². The number of hydrogen-bond acceptors (Lipinski definition) is 5. The molecule has 1 aromatic carbocycles. The van der Waals surface area contributed by atoms with Crippen molar-refractivity contribution in [3.05, 3.63) is 83.1 Å². The molecule has 0 saturated heterocycles. The van der Waals surface area contributed by atoms with Crippen LogP contribution in [-0.4, -0.2) is 42.1 Å². The Morgan fingerprint density at radius 3 is 2.54 bits per heavy atom. The Labute approximate surface area is 218 Å². The van der Waals surface area contributed by atoms with Crippen LogP contribution in [0.25, 0.3) is 17.8 Å². The first kappa shape index (κ1) is 26.4. The van der Waals surface area contributed by atoms with Gasteiger partial charge in [0.05, 0.1) is 23.3 Å². The summed E-state index contributed by atoms with van der Waals surface area (Å²) in [7, 11) is 0. The Morgan fingerprint density at radius 1 is 1.03 bits per heavy atom. The predicted octanol–water partition coefficient (Wildman–Crippen LogP) is 6.22. The number of fused-ring (bicyclic) bond motifs is 1. The number of nitrogens with zero attached hydrogens (tertiary/aromatic N) is 6. The quantitative estimate of drug-likeness (QED) is 0.268. The first-order valence-electron chi connectivity index (χ1n) is 12.0. The van der Waals surface area contributed by atoms with Crippen molar-refractivity contribution in [2.75, 3.05) is 6.61 Å². The molecule has 4 heterocycles. The lowest BCUT2D eigenvalue weighted by Crippen LogP contribution is -2.21. The van der Waals surface area contributed by atoms with Crippen LogP contribution in [-0.2, 0) is 12.7 Å². The minimum absolute atomic E-state index is 0.146. The molecule has 0 radical (unpaired) electrons. The number of ether oxygens (including phenoxy) is 1. The van der Waals surface area contributed by atoms with Gasteiger partial charge in [-0.2, -0.15) is 31.4 Å². The largest absolute Gasteiger partial charge is 0.467 e. The molecule has 13 heteroatoms. The van der Waals surface area contributed by atoms with E-state index in [9.17, 15) is 26.3 Å². The highest BCUT2D eigenvalue weighted by Crippen LogP contribution is 2.40. The maximum absolute atomic E-state index is 13.6. The van der Waals surface area contributed by atoms with Gasteiger partial charge in [-0.1, -0.05) is 18.2 Å². The minimum Gasteiger partial charge on any atom is -0.467 e. The van der Waals surface area contributed by atoms with Crippen molar-refractivity contribution in [2.24, 2.45) is 0 Å². The molecular weight excluding hydrogens is 526 g/mol. The number of aromatic nitrogens is 6. The molecule has 0 unspecified atom stereocenters. The second-order valence-electron chi connectivity index (χ2n) is 9.05. The van der Waals surface area contributed by atoms with Crippen LogP contribution < -0.4 is 4.74 Å². The normalized spacial score (nSPS) is 16.0. The van der Waals surface area contributed by atoms with Gasteiger partial charge in [0.2, 0.25) is 5.88 Å². The summed E-state index contributed by atoms with van der Waals surface area (Å²) in [5.74, 6) is -0.154. The molecule has 4 aromatic rings. The van der Waals surface area contributed by atoms with Crippen molar-refractivity contribution >= 4 is 12.2 Å². The first-order chi connectivity index (χ1) is 18.5. The summed E-state index contributed by atoms with van der Waals surface area (Å²) >= 11 is 0. The molecule has 0 spiro atoms. The fourth-order valence-corrected chi connectivity index (χ4v) is 4.50. The molecule has 0 N–H and O–H groups in total. The van der Waals surface area contributed by atoms with E-state index in [2.05, 4.69) is 20.1 Å². The predicted molar refractivity (Wildman–Crippen MR) is 129 cm³/mol. The Kier molecular flexibility index (Phi) is 6.91. The lowest BCUT2D eigenvalue weighted by molar-refractivity contribution is -0.154. The molecular formula is C26H22F6N6O. The Bertz CT molecular complexity index is 1500. The Balaban J connectivity index is 1.44. The fourth-order valence-electron chi connectivity index (χ4n) is 4.50. The van der Waals surface area contributed by atoms with Gasteiger partial charge in [0.25, 0.3) is 0 Å². The summed E-state index contributed by atoms with van der Waals surface area (Å²) in [4.78, 5) is 12.8. The number of imidazole rings is 1. The van der Waals surface area contributed by atoms with Crippen molar-refractivity contribution in [1.29, 1.82) is 0 Å². The van der Waals surface area contributed by atoms with Crippen LogP contribution in [0.15, 0.2) is 48.9 Å². The van der Waals surface area contributed by atoms with E-state index < -0.39 is 30.4 Å². The number of halogens is 6. The van der Waals surface area contributed by atoms with Crippen LogP contribution in [0, 0.1) is 6.92 Å². The van der Waals surface area contributed by atoms with E-state index in [1.54, 1.807) is 36.0 Å². The molecule has 1 aliphatic heterocycles. The van der Waals surface area contributed by atoms with Gasteiger partial charge < -0.3 is 9.30 Å². The van der Waals surface area contributed by atoms with E-state index >= 15 is 0 Å². The highest BCUT2D eigenvalue weighted by Gasteiger charge is 2.37. The summed E-state index contributed by atoms with van der Waals surface area (Å²) in [5.41, 5.74) is 0.657. The van der Waals surface area contributed by atoms with Gasteiger partial charge in [0.1, 0.15) is 11.5 Å². The molecule has 39 heavy (non-hydrogen) atoms. The van der Waals surface area contributed by atoms with Crippen molar-refractivity contribution in [3.8, 4) is 11.6 Å². The molecule has 0 bridgehead atoms. The van der Waals surface area contributed by atoms with Crippen molar-refractivity contribution in [2.45, 2.75) is 44.6 Å². The Morgan fingerprint density at radius 2 is 1.82 bits per heavy atom. The smallest absolute Gasteiger partial charge is 0.422 e. The molecule has 1 aliphatic rings. The van der Waals surface area contributed by atoms with E-state index in [4.69, 9.17) is 4.74 Å². The van der Waals surface area contributed by atoms with Gasteiger partial charge >= 0.3 is 12.4 Å². The van der Waals surface area contributed by atoms with Crippen LogP contribution >= 0.6 is 0 Å². The summed E-state index contributed by atoms with van der Waals surface area (Å²) in [5, 5.41) is 4.41. The number of rotatable bonds is 6. The van der Waals surface area contributed by atoms with Gasteiger partial charge in [0.15, 0.2) is 12.4 Å². The molecule has 3 aromatic heterocycles. The average Bonchev–Trinajstić information content (AvgIpc) is 3.51. The third-order valence-corrected chi connectivity index (χ3v) is 6.16. The summed E-state index contributed by atoms with van der Waals surface area (Å²) in [6.45, 7) is 0.721. The lowest BCUT2D eigenvalue weighted by atomic mass is 9.88. The topological polar surface area (TPSA) is 70.7 Å². The second-order valence-corrected chi connectivity index (χ2v) is 9.05. The first-order valence-corrected chi connectivity index (χ1v) is 12.0. The van der Waals surface area contributed by atoms with E-state index in [1.165, 1.54) is 35.2 Å². The zero-order valence-electron chi connectivity index (χ0n) is 20.5. The van der Waals surface area contributed by atoms with Crippen LogP contribution in [0.4, 0.5) is 26.3 Å². The van der Waals surface area contributed by atoms with Gasteiger partial charge in [-0.3, -0.25) is 0 Å². The van der Waals surface area contributed by atoms with Gasteiger partial charge in [-0.05, 0) is 55.7 Å². The van der Waals surface area contributed by atoms with Gasteiger partial charge in [-0.15, -0.1) is 0 Å². The van der Waals surface area contributed by atoms with E-state index in [0.717, 1.165) is 6.07 Å². The van der Waals surface area contributed by atoms with Crippen LogP contribution in [0.1, 0.15) is 52.9 Å². The summed E-state index contributed by atoms with van der Waals surface area (Å²) < 4.78 is 87.5. The van der Waals surface area contributed by atoms with Gasteiger partial charge in [0, 0.05) is 18.7 Å². The highest BCUT2D eigenvalue weighted by atomic mass is 19.4. The number of alkyl halides is 6. The number of hydrogen-bond donors (Lipinski definition) is 0. The third-order valence-electron chi connectivity index (χ3n) is 6.16.